The van der Waals surface area contributed by atoms with E-state index >= 15 is 0 Å². The van der Waals surface area contributed by atoms with Gasteiger partial charge in [-0.05, 0) is 37.5 Å². The summed E-state index contributed by atoms with van der Waals surface area (Å²) < 4.78 is 69.0. The van der Waals surface area contributed by atoms with Gasteiger partial charge in [-0.15, -0.1) is 0 Å². The SMILES string of the molecule is CO[C@@H](C)c1c(Nc2ccc([C@H](N(C)C(=O)C3CCS(=N)(=O)CC3)C(F)(F)F)cc2)cnn2cc(Cl)nc12. The fourth-order valence-corrected chi connectivity index (χ4v) is 6.36. The minimum Gasteiger partial charge on any atom is -0.377 e. The van der Waals surface area contributed by atoms with Gasteiger partial charge in [0.25, 0.3) is 0 Å². The van der Waals surface area contributed by atoms with Crippen LogP contribution in [-0.2, 0) is 19.3 Å². The summed E-state index contributed by atoms with van der Waals surface area (Å²) in [6.45, 7) is 1.82. The molecule has 1 amide bonds. The zero-order valence-corrected chi connectivity index (χ0v) is 22.5. The largest absolute Gasteiger partial charge is 0.413 e. The quantitative estimate of drug-likeness (QED) is 0.394. The Labute approximate surface area is 223 Å². The lowest BCUT2D eigenvalue weighted by Crippen LogP contribution is -2.44. The fraction of sp³-hybridized carbons (Fsp3) is 0.458. The lowest BCUT2D eigenvalue weighted by molar-refractivity contribution is -0.190. The Bertz CT molecular complexity index is 1410. The van der Waals surface area contributed by atoms with E-state index in [1.807, 2.05) is 6.92 Å². The predicted octanol–water partition coefficient (Wildman–Crippen LogP) is 5.35. The summed E-state index contributed by atoms with van der Waals surface area (Å²) in [5, 5.41) is 7.69. The third-order valence-corrected chi connectivity index (χ3v) is 8.73. The summed E-state index contributed by atoms with van der Waals surface area (Å²) in [6, 6.07) is 3.47. The summed E-state index contributed by atoms with van der Waals surface area (Å²) in [5.74, 6) is -1.32. The van der Waals surface area contributed by atoms with Crippen molar-refractivity contribution in [3.8, 4) is 0 Å². The molecule has 38 heavy (non-hydrogen) atoms. The minimum absolute atomic E-state index is 0.0174. The highest BCUT2D eigenvalue weighted by molar-refractivity contribution is 7.92. The highest BCUT2D eigenvalue weighted by Gasteiger charge is 2.46. The first-order chi connectivity index (χ1) is 17.8. The maximum atomic E-state index is 14.2. The number of nitrogens with zero attached hydrogens (tertiary/aromatic N) is 4. The molecule has 2 atom stereocenters. The smallest absolute Gasteiger partial charge is 0.377 e. The van der Waals surface area contributed by atoms with Crippen LogP contribution in [0.2, 0.25) is 5.15 Å². The summed E-state index contributed by atoms with van der Waals surface area (Å²) >= 11 is 6.03. The average Bonchev–Trinajstić information content (AvgIpc) is 3.23. The van der Waals surface area contributed by atoms with Crippen molar-refractivity contribution in [2.24, 2.45) is 5.92 Å². The molecule has 1 saturated heterocycles. The molecule has 9 nitrogen and oxygen atoms in total. The minimum atomic E-state index is -4.72. The number of benzene rings is 1. The van der Waals surface area contributed by atoms with E-state index in [9.17, 15) is 22.2 Å². The molecule has 2 aromatic heterocycles. The number of hydrogen-bond acceptors (Lipinski definition) is 7. The van der Waals surface area contributed by atoms with Crippen molar-refractivity contribution < 1.29 is 26.9 Å². The topological polar surface area (TPSA) is 113 Å². The van der Waals surface area contributed by atoms with Crippen molar-refractivity contribution in [2.45, 2.75) is 38.1 Å². The summed E-state index contributed by atoms with van der Waals surface area (Å²) in [4.78, 5) is 17.9. The maximum Gasteiger partial charge on any atom is 0.413 e. The number of hydrogen-bond donors (Lipinski definition) is 2. The van der Waals surface area contributed by atoms with Crippen LogP contribution < -0.4 is 5.32 Å². The monoisotopic (exact) mass is 572 g/mol. The third kappa shape index (κ3) is 5.89. The van der Waals surface area contributed by atoms with E-state index in [4.69, 9.17) is 21.1 Å². The van der Waals surface area contributed by atoms with Crippen LogP contribution in [0.5, 0.6) is 0 Å². The van der Waals surface area contributed by atoms with E-state index in [2.05, 4.69) is 15.4 Å². The number of rotatable bonds is 7. The van der Waals surface area contributed by atoms with Gasteiger partial charge in [-0.3, -0.25) is 9.57 Å². The van der Waals surface area contributed by atoms with Gasteiger partial charge >= 0.3 is 6.18 Å². The summed E-state index contributed by atoms with van der Waals surface area (Å²) in [7, 11) is -0.0787. The molecule has 3 heterocycles. The van der Waals surface area contributed by atoms with Crippen LogP contribution >= 0.6 is 11.6 Å². The van der Waals surface area contributed by atoms with Gasteiger partial charge in [0.1, 0.15) is 5.15 Å². The van der Waals surface area contributed by atoms with Crippen LogP contribution in [0.15, 0.2) is 36.7 Å². The molecule has 0 radical (unpaired) electrons. The first-order valence-corrected chi connectivity index (χ1v) is 14.1. The molecule has 206 valence electrons. The number of carbonyl (C=O) groups is 1. The number of amides is 1. The Morgan fingerprint density at radius 1 is 1.29 bits per heavy atom. The molecule has 2 N–H and O–H groups in total. The Balaban J connectivity index is 1.59. The molecule has 0 unspecified atom stereocenters. The van der Waals surface area contributed by atoms with Crippen molar-refractivity contribution in [1.29, 1.82) is 4.78 Å². The molecule has 0 aliphatic carbocycles. The average molecular weight is 573 g/mol. The number of halogens is 4. The van der Waals surface area contributed by atoms with E-state index in [-0.39, 0.29) is 35.1 Å². The highest BCUT2D eigenvalue weighted by Crippen LogP contribution is 2.39. The summed E-state index contributed by atoms with van der Waals surface area (Å²) in [6.07, 6.45) is -1.73. The molecule has 14 heteroatoms. The van der Waals surface area contributed by atoms with Gasteiger partial charge in [-0.1, -0.05) is 23.7 Å². The van der Waals surface area contributed by atoms with Crippen molar-refractivity contribution in [3.05, 3.63) is 52.9 Å². The Morgan fingerprint density at radius 3 is 2.50 bits per heavy atom. The third-order valence-electron chi connectivity index (χ3n) is 6.75. The molecule has 1 aliphatic heterocycles. The maximum absolute atomic E-state index is 14.2. The van der Waals surface area contributed by atoms with Crippen molar-refractivity contribution >= 4 is 44.3 Å². The molecule has 4 rings (SSSR count). The van der Waals surface area contributed by atoms with Gasteiger partial charge < -0.3 is 15.0 Å². The molecule has 1 fully saturated rings. The van der Waals surface area contributed by atoms with Crippen molar-refractivity contribution in [1.82, 2.24) is 19.5 Å². The van der Waals surface area contributed by atoms with Gasteiger partial charge in [0.2, 0.25) is 5.91 Å². The molecule has 0 spiro atoms. The number of alkyl halides is 3. The van der Waals surface area contributed by atoms with E-state index in [0.29, 0.717) is 27.5 Å². The first kappa shape index (κ1) is 28.1. The van der Waals surface area contributed by atoms with Crippen LogP contribution in [0.3, 0.4) is 0 Å². The number of carbonyl (C=O) groups excluding carboxylic acids is 1. The van der Waals surface area contributed by atoms with Crippen molar-refractivity contribution in [2.75, 3.05) is 31.0 Å². The predicted molar refractivity (Wildman–Crippen MR) is 138 cm³/mol. The van der Waals surface area contributed by atoms with E-state index in [0.717, 1.165) is 7.05 Å². The fourth-order valence-electron chi connectivity index (χ4n) is 4.65. The first-order valence-electron chi connectivity index (χ1n) is 11.8. The molecular formula is C24H28ClF3N6O3S. The number of imidazole rings is 1. The lowest BCUT2D eigenvalue weighted by Gasteiger charge is -2.34. The number of methoxy groups -OCH3 is 1. The number of ether oxygens (including phenoxy) is 1. The number of fused-ring (bicyclic) bond motifs is 1. The van der Waals surface area contributed by atoms with Gasteiger partial charge in [0, 0.05) is 47.0 Å². The second-order valence-electron chi connectivity index (χ2n) is 9.32. The van der Waals surface area contributed by atoms with Crippen LogP contribution in [0, 0.1) is 10.7 Å². The number of nitrogens with one attached hydrogen (secondary N) is 2. The standard InChI is InChI=1S/C24H28ClF3N6O3S/c1-14(37-3)20-18(12-30-34-13-19(25)32-22(20)34)31-17-6-4-15(5-7-17)21(24(26,27)28)33(2)23(35)16-8-10-38(29,36)11-9-16/h4-7,12-14,16,21,29,31H,8-11H2,1-3H3/t14-,16?,21-,38?/m0/s1. The van der Waals surface area contributed by atoms with Crippen LogP contribution in [0.25, 0.3) is 5.65 Å². The molecule has 0 saturated carbocycles. The van der Waals surface area contributed by atoms with Crippen LogP contribution in [0.4, 0.5) is 24.5 Å². The van der Waals surface area contributed by atoms with Gasteiger partial charge in [0.15, 0.2) is 11.7 Å². The van der Waals surface area contributed by atoms with Gasteiger partial charge in [-0.2, -0.15) is 18.3 Å². The Morgan fingerprint density at radius 2 is 1.92 bits per heavy atom. The van der Waals surface area contributed by atoms with Gasteiger partial charge in [0.05, 0.1) is 29.7 Å². The second-order valence-corrected chi connectivity index (χ2v) is 12.1. The van der Waals surface area contributed by atoms with E-state index in [1.54, 1.807) is 12.4 Å². The Hall–Kier alpha value is -2.90. The molecule has 1 aromatic carbocycles. The zero-order valence-electron chi connectivity index (χ0n) is 21.0. The number of anilines is 2. The zero-order chi connectivity index (χ0) is 27.8. The molecule has 3 aromatic rings. The summed E-state index contributed by atoms with van der Waals surface area (Å²) in [5.41, 5.74) is 2.09. The normalized spacial score (nSPS) is 21.7. The van der Waals surface area contributed by atoms with E-state index < -0.39 is 39.9 Å². The van der Waals surface area contributed by atoms with Gasteiger partial charge in [-0.25, -0.2) is 13.7 Å². The number of aromatic nitrogens is 3. The van der Waals surface area contributed by atoms with Crippen LogP contribution in [0.1, 0.15) is 43.0 Å². The lowest BCUT2D eigenvalue weighted by atomic mass is 9.98. The van der Waals surface area contributed by atoms with Crippen molar-refractivity contribution in [3.63, 3.8) is 0 Å². The molecule has 0 bridgehead atoms. The highest BCUT2D eigenvalue weighted by atomic mass is 35.5. The molecule has 1 aliphatic rings. The second kappa shape index (κ2) is 10.7. The van der Waals surface area contributed by atoms with Crippen LogP contribution in [-0.4, -0.2) is 61.5 Å². The molecular weight excluding hydrogens is 545 g/mol. The Kier molecular flexibility index (Phi) is 7.91. The van der Waals surface area contributed by atoms with E-state index in [1.165, 1.54) is 35.9 Å².